The fraction of sp³-hybridized carbons (Fsp3) is 0. The smallest absolute Gasteiger partial charge is 0.238 e. The number of aromatic nitrogens is 4. The van der Waals surface area contributed by atoms with Crippen molar-refractivity contribution in [3.8, 4) is 50.7 Å². The molecule has 7 aromatic carbocycles. The van der Waals surface area contributed by atoms with Crippen molar-refractivity contribution in [3.05, 3.63) is 176 Å². The summed E-state index contributed by atoms with van der Waals surface area (Å²) in [5, 5.41) is 2.40. The van der Waals surface area contributed by atoms with E-state index in [1.165, 1.54) is 16.3 Å². The summed E-state index contributed by atoms with van der Waals surface area (Å²) in [6.07, 6.45) is 0. The first-order valence-corrected chi connectivity index (χ1v) is 16.8. The van der Waals surface area contributed by atoms with Gasteiger partial charge in [0.2, 0.25) is 5.95 Å². The van der Waals surface area contributed by atoms with Crippen LogP contribution in [-0.2, 0) is 0 Å². The van der Waals surface area contributed by atoms with Gasteiger partial charge in [-0.05, 0) is 47.5 Å². The topological polar surface area (TPSA) is 46.8 Å². The van der Waals surface area contributed by atoms with Crippen molar-refractivity contribution in [1.29, 1.82) is 0 Å². The Morgan fingerprint density at radius 2 is 0.900 bits per heavy atom. The lowest BCUT2D eigenvalue weighted by molar-refractivity contribution is 1.02. The maximum absolute atomic E-state index is 5.26. The lowest BCUT2D eigenvalue weighted by Crippen LogP contribution is -2.16. The second-order valence-electron chi connectivity index (χ2n) is 12.5. The van der Waals surface area contributed by atoms with Gasteiger partial charge in [0.1, 0.15) is 0 Å². The molecule has 0 saturated heterocycles. The van der Waals surface area contributed by atoms with Crippen molar-refractivity contribution in [2.75, 3.05) is 4.90 Å². The number of hydrogen-bond acceptors (Lipinski definition) is 4. The zero-order chi connectivity index (χ0) is 33.0. The summed E-state index contributed by atoms with van der Waals surface area (Å²) in [4.78, 5) is 17.8. The Hall–Kier alpha value is -6.85. The molecule has 50 heavy (non-hydrogen) atoms. The average molecular weight is 640 g/mol. The second-order valence-corrected chi connectivity index (χ2v) is 12.5. The summed E-state index contributed by atoms with van der Waals surface area (Å²) in [7, 11) is 0. The Bertz CT molecular complexity index is 2640. The summed E-state index contributed by atoms with van der Waals surface area (Å²) in [5.41, 5.74) is 11.8. The van der Waals surface area contributed by atoms with Crippen molar-refractivity contribution in [2.24, 2.45) is 0 Å². The number of rotatable bonds is 4. The van der Waals surface area contributed by atoms with Crippen LogP contribution >= 0.6 is 0 Å². The first kappa shape index (κ1) is 28.2. The SMILES string of the molecule is c1ccc(-c2nc(-c3ccccc3)nc(N3c4ccccc4-c4ccccc4-c4cc5c6ccccc6n(-c6ccccc6)c5cc43)n2)cc1. The molecule has 2 aromatic heterocycles. The van der Waals surface area contributed by atoms with Crippen molar-refractivity contribution >= 4 is 39.1 Å². The summed E-state index contributed by atoms with van der Waals surface area (Å²) in [6.45, 7) is 0. The molecule has 5 heteroatoms. The van der Waals surface area contributed by atoms with Gasteiger partial charge in [0.25, 0.3) is 0 Å². The molecule has 1 aliphatic rings. The van der Waals surface area contributed by atoms with Crippen LogP contribution in [0.1, 0.15) is 0 Å². The van der Waals surface area contributed by atoms with Crippen LogP contribution in [0.5, 0.6) is 0 Å². The van der Waals surface area contributed by atoms with Gasteiger partial charge in [0.15, 0.2) is 11.6 Å². The summed E-state index contributed by atoms with van der Waals surface area (Å²) >= 11 is 0. The van der Waals surface area contributed by atoms with Crippen LogP contribution in [0, 0.1) is 0 Å². The molecule has 0 aliphatic carbocycles. The molecule has 3 heterocycles. The molecule has 0 amide bonds. The van der Waals surface area contributed by atoms with E-state index in [2.05, 4.69) is 149 Å². The fourth-order valence-electron chi connectivity index (χ4n) is 7.35. The third-order valence-corrected chi connectivity index (χ3v) is 9.59. The molecular formula is C45H29N5. The predicted molar refractivity (Wildman–Crippen MR) is 204 cm³/mol. The van der Waals surface area contributed by atoms with E-state index in [1.807, 2.05) is 36.4 Å². The highest BCUT2D eigenvalue weighted by Crippen LogP contribution is 2.52. The molecule has 0 spiro atoms. The van der Waals surface area contributed by atoms with Crippen molar-refractivity contribution < 1.29 is 0 Å². The summed E-state index contributed by atoms with van der Waals surface area (Å²) in [5.74, 6) is 1.80. The van der Waals surface area contributed by atoms with Crippen LogP contribution in [0.3, 0.4) is 0 Å². The largest absolute Gasteiger partial charge is 0.309 e. The van der Waals surface area contributed by atoms with Crippen LogP contribution in [-0.4, -0.2) is 19.5 Å². The highest BCUT2D eigenvalue weighted by Gasteiger charge is 2.30. The van der Waals surface area contributed by atoms with E-state index >= 15 is 0 Å². The normalized spacial score (nSPS) is 12.0. The van der Waals surface area contributed by atoms with Gasteiger partial charge in [-0.15, -0.1) is 0 Å². The molecule has 0 radical (unpaired) electrons. The third kappa shape index (κ3) is 4.45. The quantitative estimate of drug-likeness (QED) is 0.192. The van der Waals surface area contributed by atoms with Crippen molar-refractivity contribution in [2.45, 2.75) is 0 Å². The monoisotopic (exact) mass is 639 g/mol. The molecule has 10 rings (SSSR count). The highest BCUT2D eigenvalue weighted by molar-refractivity contribution is 6.14. The first-order valence-electron chi connectivity index (χ1n) is 16.8. The Morgan fingerprint density at radius 1 is 0.360 bits per heavy atom. The molecule has 5 nitrogen and oxygen atoms in total. The number of nitrogens with zero attached hydrogens (tertiary/aromatic N) is 5. The standard InChI is InChI=1S/C45H29N5/c1-4-16-30(17-5-1)43-46-44(31-18-6-2-7-19-31)48-45(47-43)50-40-27-15-12-24-35(40)33-22-10-11-23-34(33)37-28-38-36-25-13-14-26-39(36)49(41(38)29-42(37)50)32-20-8-3-9-21-32/h1-29H. The van der Waals surface area contributed by atoms with Gasteiger partial charge in [-0.25, -0.2) is 4.98 Å². The van der Waals surface area contributed by atoms with E-state index in [4.69, 9.17) is 15.0 Å². The minimum absolute atomic E-state index is 0.556. The van der Waals surface area contributed by atoms with Crippen LogP contribution in [0.2, 0.25) is 0 Å². The van der Waals surface area contributed by atoms with E-state index in [1.54, 1.807) is 0 Å². The average Bonchev–Trinajstić information content (AvgIpc) is 3.46. The van der Waals surface area contributed by atoms with Crippen molar-refractivity contribution in [1.82, 2.24) is 19.5 Å². The number of anilines is 3. The van der Waals surface area contributed by atoms with Crippen LogP contribution in [0.25, 0.3) is 72.5 Å². The molecule has 9 aromatic rings. The molecule has 0 fully saturated rings. The van der Waals surface area contributed by atoms with Gasteiger partial charge < -0.3 is 4.57 Å². The Labute approximate surface area is 289 Å². The molecule has 0 bridgehead atoms. The van der Waals surface area contributed by atoms with Crippen molar-refractivity contribution in [3.63, 3.8) is 0 Å². The summed E-state index contributed by atoms with van der Waals surface area (Å²) in [6, 6.07) is 61.5. The predicted octanol–water partition coefficient (Wildman–Crippen LogP) is 11.4. The molecule has 1 aliphatic heterocycles. The van der Waals surface area contributed by atoms with Gasteiger partial charge >= 0.3 is 0 Å². The van der Waals surface area contributed by atoms with Crippen LogP contribution < -0.4 is 4.90 Å². The first-order chi connectivity index (χ1) is 24.8. The Balaban J connectivity index is 1.34. The fourth-order valence-corrected chi connectivity index (χ4v) is 7.35. The molecule has 0 N–H and O–H groups in total. The minimum Gasteiger partial charge on any atom is -0.309 e. The van der Waals surface area contributed by atoms with E-state index < -0.39 is 0 Å². The van der Waals surface area contributed by atoms with E-state index in [-0.39, 0.29) is 0 Å². The molecule has 0 unspecified atom stereocenters. The van der Waals surface area contributed by atoms with E-state index in [0.29, 0.717) is 17.6 Å². The van der Waals surface area contributed by atoms with E-state index in [0.717, 1.165) is 55.9 Å². The Morgan fingerprint density at radius 3 is 1.58 bits per heavy atom. The van der Waals surface area contributed by atoms with Gasteiger partial charge in [0.05, 0.1) is 22.4 Å². The Kier molecular flexibility index (Phi) is 6.42. The second kappa shape index (κ2) is 11.4. The number of benzene rings is 7. The molecule has 0 atom stereocenters. The zero-order valence-corrected chi connectivity index (χ0v) is 27.0. The van der Waals surface area contributed by atoms with Gasteiger partial charge in [0, 0.05) is 38.7 Å². The number of hydrogen-bond donors (Lipinski definition) is 0. The maximum atomic E-state index is 5.26. The van der Waals surface area contributed by atoms with Gasteiger partial charge in [-0.3, -0.25) is 4.90 Å². The molecule has 234 valence electrons. The minimum atomic E-state index is 0.556. The zero-order valence-electron chi connectivity index (χ0n) is 27.0. The van der Waals surface area contributed by atoms with E-state index in [9.17, 15) is 0 Å². The number of para-hydroxylation sites is 3. The van der Waals surface area contributed by atoms with Gasteiger partial charge in [-0.2, -0.15) is 9.97 Å². The lowest BCUT2D eigenvalue weighted by Gasteiger charge is -2.26. The third-order valence-electron chi connectivity index (χ3n) is 9.59. The van der Waals surface area contributed by atoms with Gasteiger partial charge in [-0.1, -0.05) is 140 Å². The summed E-state index contributed by atoms with van der Waals surface area (Å²) < 4.78 is 2.37. The molecular weight excluding hydrogens is 611 g/mol. The lowest BCUT2D eigenvalue weighted by atomic mass is 9.94. The maximum Gasteiger partial charge on any atom is 0.238 e. The van der Waals surface area contributed by atoms with Crippen LogP contribution in [0.15, 0.2) is 176 Å². The van der Waals surface area contributed by atoms with Crippen LogP contribution in [0.4, 0.5) is 17.3 Å². The number of fused-ring (bicyclic) bond motifs is 8. The highest BCUT2D eigenvalue weighted by atomic mass is 15.3. The molecule has 0 saturated carbocycles.